The minimum Gasteiger partial charge on any atom is -0.379 e. The zero-order valence-corrected chi connectivity index (χ0v) is 20.5. The smallest absolute Gasteiger partial charge is 0.279 e. The van der Waals surface area contributed by atoms with Gasteiger partial charge in [0.25, 0.3) is 5.91 Å². The molecule has 37 heavy (non-hydrogen) atoms. The summed E-state index contributed by atoms with van der Waals surface area (Å²) in [6, 6.07) is 27.6. The third-order valence-electron chi connectivity index (χ3n) is 6.66. The van der Waals surface area contributed by atoms with Crippen LogP contribution in [-0.4, -0.2) is 63.0 Å². The highest BCUT2D eigenvalue weighted by Gasteiger charge is 2.22. The van der Waals surface area contributed by atoms with Crippen molar-refractivity contribution < 1.29 is 9.53 Å². The molecule has 5 aromatic rings. The molecule has 0 spiro atoms. The Labute approximate surface area is 215 Å². The summed E-state index contributed by atoms with van der Waals surface area (Å²) in [5.74, 6) is 0.226. The number of amides is 1. The first-order valence-corrected chi connectivity index (χ1v) is 12.5. The first-order chi connectivity index (χ1) is 18.3. The zero-order chi connectivity index (χ0) is 25.0. The van der Waals surface area contributed by atoms with Crippen LogP contribution in [-0.2, 0) is 11.3 Å². The summed E-state index contributed by atoms with van der Waals surface area (Å²) < 4.78 is 9.32. The number of benzene rings is 3. The average Bonchev–Trinajstić information content (AvgIpc) is 3.55. The number of anilines is 1. The number of nitrogens with zero attached hydrogens (tertiary/aromatic N) is 5. The van der Waals surface area contributed by atoms with E-state index in [9.17, 15) is 4.79 Å². The number of nitrogens with one attached hydrogen (secondary N) is 1. The van der Waals surface area contributed by atoms with E-state index in [0.29, 0.717) is 18.2 Å². The molecule has 8 nitrogen and oxygen atoms in total. The van der Waals surface area contributed by atoms with Crippen LogP contribution in [0.25, 0.3) is 27.8 Å². The number of hydrogen-bond acceptors (Lipinski definition) is 5. The topological polar surface area (TPSA) is 77.2 Å². The van der Waals surface area contributed by atoms with E-state index in [2.05, 4.69) is 14.8 Å². The van der Waals surface area contributed by atoms with Gasteiger partial charge in [0.1, 0.15) is 0 Å². The molecule has 6 rings (SSSR count). The van der Waals surface area contributed by atoms with Crippen molar-refractivity contribution in [2.45, 2.75) is 6.54 Å². The Morgan fingerprint density at radius 1 is 0.865 bits per heavy atom. The van der Waals surface area contributed by atoms with Crippen LogP contribution < -0.4 is 5.32 Å². The summed E-state index contributed by atoms with van der Waals surface area (Å²) in [5, 5.41) is 7.77. The van der Waals surface area contributed by atoms with Crippen LogP contribution in [0.2, 0.25) is 0 Å². The van der Waals surface area contributed by atoms with Gasteiger partial charge in [-0.1, -0.05) is 60.7 Å². The van der Waals surface area contributed by atoms with Crippen molar-refractivity contribution in [1.82, 2.24) is 24.2 Å². The number of fused-ring (bicyclic) bond motifs is 1. The maximum Gasteiger partial charge on any atom is 0.279 e. The van der Waals surface area contributed by atoms with E-state index in [1.54, 1.807) is 4.68 Å². The number of imidazole rings is 1. The molecule has 0 radical (unpaired) electrons. The molecule has 3 aromatic carbocycles. The highest BCUT2D eigenvalue weighted by Crippen LogP contribution is 2.26. The Bertz CT molecular complexity index is 1500. The molecule has 0 saturated carbocycles. The number of rotatable bonds is 7. The number of ether oxygens (including phenoxy) is 1. The van der Waals surface area contributed by atoms with Gasteiger partial charge >= 0.3 is 0 Å². The minimum absolute atomic E-state index is 0.295. The Morgan fingerprint density at radius 3 is 2.35 bits per heavy atom. The van der Waals surface area contributed by atoms with E-state index < -0.39 is 0 Å². The summed E-state index contributed by atoms with van der Waals surface area (Å²) in [6.45, 7) is 4.88. The molecule has 0 aliphatic carbocycles. The van der Waals surface area contributed by atoms with Crippen molar-refractivity contribution in [2.24, 2.45) is 0 Å². The van der Waals surface area contributed by atoms with Crippen LogP contribution in [0.15, 0.2) is 91.1 Å². The molecule has 1 aliphatic heterocycles. The van der Waals surface area contributed by atoms with Crippen LogP contribution in [0.4, 0.5) is 5.95 Å². The van der Waals surface area contributed by atoms with Crippen LogP contribution in [0, 0.1) is 0 Å². The molecule has 0 atom stereocenters. The third-order valence-corrected chi connectivity index (χ3v) is 6.66. The van der Waals surface area contributed by atoms with Crippen molar-refractivity contribution >= 4 is 22.9 Å². The summed E-state index contributed by atoms with van der Waals surface area (Å²) in [5.41, 5.74) is 4.76. The largest absolute Gasteiger partial charge is 0.379 e. The lowest BCUT2D eigenvalue weighted by Crippen LogP contribution is -2.38. The lowest BCUT2D eigenvalue weighted by atomic mass is 10.1. The Kier molecular flexibility index (Phi) is 6.49. The van der Waals surface area contributed by atoms with Gasteiger partial charge in [0, 0.05) is 37.9 Å². The van der Waals surface area contributed by atoms with E-state index in [-0.39, 0.29) is 5.91 Å². The highest BCUT2D eigenvalue weighted by molar-refractivity contribution is 6.07. The van der Waals surface area contributed by atoms with Crippen molar-refractivity contribution in [3.05, 3.63) is 96.8 Å². The molecule has 186 valence electrons. The Morgan fingerprint density at radius 2 is 1.57 bits per heavy atom. The van der Waals surface area contributed by atoms with Crippen molar-refractivity contribution in [3.63, 3.8) is 0 Å². The summed E-state index contributed by atoms with van der Waals surface area (Å²) in [4.78, 5) is 20.9. The molecule has 3 heterocycles. The fraction of sp³-hybridized carbons (Fsp3) is 0.207. The number of para-hydroxylation sites is 3. The molecule has 1 aliphatic rings. The molecule has 0 bridgehead atoms. The lowest BCUT2D eigenvalue weighted by molar-refractivity contribution is 0.0366. The Hall–Kier alpha value is -4.27. The van der Waals surface area contributed by atoms with Gasteiger partial charge in [-0.3, -0.25) is 15.0 Å². The van der Waals surface area contributed by atoms with E-state index in [1.165, 1.54) is 0 Å². The molecule has 0 unspecified atom stereocenters. The number of carbonyl (C=O) groups excluding carboxylic acids is 1. The molecular formula is C29H28N6O2. The quantitative estimate of drug-likeness (QED) is 0.363. The monoisotopic (exact) mass is 492 g/mol. The minimum atomic E-state index is -0.295. The van der Waals surface area contributed by atoms with Gasteiger partial charge in [-0.2, -0.15) is 5.10 Å². The SMILES string of the molecule is O=C(Nc1nc2ccccc2n1CCN1CCOCC1)c1nn(-c2ccccc2)cc1-c1ccccc1. The van der Waals surface area contributed by atoms with Gasteiger partial charge in [0.15, 0.2) is 5.69 Å². The number of carbonyl (C=O) groups is 1. The number of aromatic nitrogens is 4. The number of hydrogen-bond donors (Lipinski definition) is 1. The second-order valence-electron chi connectivity index (χ2n) is 9.02. The molecule has 8 heteroatoms. The standard InChI is InChI=1S/C29H28N6O2/c36-28(27-24(22-9-3-1-4-10-22)21-35(32-27)23-11-5-2-6-12-23)31-29-30-25-13-7-8-14-26(25)34(29)16-15-33-17-19-37-20-18-33/h1-14,21H,15-20H2,(H,30,31,36). The van der Waals surface area contributed by atoms with Crippen LogP contribution in [0.1, 0.15) is 10.5 Å². The van der Waals surface area contributed by atoms with E-state index >= 15 is 0 Å². The average molecular weight is 493 g/mol. The van der Waals surface area contributed by atoms with Crippen molar-refractivity contribution in [3.8, 4) is 16.8 Å². The van der Waals surface area contributed by atoms with Crippen LogP contribution in [0.5, 0.6) is 0 Å². The molecule has 1 N–H and O–H groups in total. The summed E-state index contributed by atoms with van der Waals surface area (Å²) in [7, 11) is 0. The number of morpholine rings is 1. The maximum atomic E-state index is 13.7. The maximum absolute atomic E-state index is 13.7. The lowest BCUT2D eigenvalue weighted by Gasteiger charge is -2.26. The van der Waals surface area contributed by atoms with Gasteiger partial charge in [-0.25, -0.2) is 9.67 Å². The van der Waals surface area contributed by atoms with E-state index in [1.807, 2.05) is 91.1 Å². The van der Waals surface area contributed by atoms with Gasteiger partial charge < -0.3 is 9.30 Å². The Balaban J connectivity index is 1.34. The predicted molar refractivity (Wildman–Crippen MR) is 144 cm³/mol. The predicted octanol–water partition coefficient (Wildman–Crippen LogP) is 4.47. The van der Waals surface area contributed by atoms with Gasteiger partial charge in [0.2, 0.25) is 5.95 Å². The third kappa shape index (κ3) is 4.89. The highest BCUT2D eigenvalue weighted by atomic mass is 16.5. The van der Waals surface area contributed by atoms with Crippen LogP contribution in [0.3, 0.4) is 0 Å². The summed E-state index contributed by atoms with van der Waals surface area (Å²) in [6.07, 6.45) is 1.90. The molecule has 1 amide bonds. The fourth-order valence-corrected chi connectivity index (χ4v) is 4.71. The van der Waals surface area contributed by atoms with Gasteiger partial charge in [-0.05, 0) is 29.8 Å². The normalized spacial score (nSPS) is 14.2. The summed E-state index contributed by atoms with van der Waals surface area (Å²) >= 11 is 0. The van der Waals surface area contributed by atoms with Crippen molar-refractivity contribution in [2.75, 3.05) is 38.2 Å². The molecule has 2 aromatic heterocycles. The van der Waals surface area contributed by atoms with Gasteiger partial charge in [-0.15, -0.1) is 0 Å². The van der Waals surface area contributed by atoms with Crippen molar-refractivity contribution in [1.29, 1.82) is 0 Å². The first kappa shape index (κ1) is 23.1. The van der Waals surface area contributed by atoms with E-state index in [4.69, 9.17) is 14.8 Å². The first-order valence-electron chi connectivity index (χ1n) is 12.5. The molecule has 1 fully saturated rings. The molecular weight excluding hydrogens is 464 g/mol. The van der Waals surface area contributed by atoms with Crippen LogP contribution >= 0.6 is 0 Å². The van der Waals surface area contributed by atoms with E-state index in [0.717, 1.165) is 60.7 Å². The second kappa shape index (κ2) is 10.4. The fourth-order valence-electron chi connectivity index (χ4n) is 4.71. The van der Waals surface area contributed by atoms with Gasteiger partial charge in [0.05, 0.1) is 29.9 Å². The molecule has 1 saturated heterocycles. The second-order valence-corrected chi connectivity index (χ2v) is 9.02. The zero-order valence-electron chi connectivity index (χ0n) is 20.5.